The molecule has 0 aromatic rings. The highest BCUT2D eigenvalue weighted by Crippen LogP contribution is 2.40. The van der Waals surface area contributed by atoms with E-state index in [1.807, 2.05) is 56.4 Å². The first-order valence-electron chi connectivity index (χ1n) is 46.7. The molecule has 0 N–H and O–H groups in total. The highest BCUT2D eigenvalue weighted by molar-refractivity contribution is 7.46. The summed E-state index contributed by atoms with van der Waals surface area (Å²) in [7, 11) is 4.45. The number of carbonyl (C=O) groups excluding carboxylic acids is 2. The van der Waals surface area contributed by atoms with E-state index in [-0.39, 0.29) is 58.2 Å². The van der Waals surface area contributed by atoms with Crippen LogP contribution in [-0.2, 0) is 69.4 Å². The molecular formula is C89H186N3O18P3. The SMILES string of the molecule is CCCCCCCCCCCCCCCC(=O)OCC(C[N+](C)(C)CCOP(=O)([O-])OCC)OC(=O)CCCCCCCCCCCCCCC.CCCCCCCCCCCCCCCCCCOC[C@H](COP(=O)([O-])OCC[N+](C)(C)C)OC.CCCCCCCCCCCCCCCCOP(=O)([O-])OCC[N+](C)(C)C. The van der Waals surface area contributed by atoms with Gasteiger partial charge in [-0.2, -0.15) is 0 Å². The second kappa shape index (κ2) is 82.0. The van der Waals surface area contributed by atoms with Crippen LogP contribution in [0.3, 0.4) is 0 Å². The first-order chi connectivity index (χ1) is 54.0. The van der Waals surface area contributed by atoms with E-state index in [1.54, 1.807) is 6.92 Å². The molecule has 0 aliphatic heterocycles. The number of methoxy groups -OCH3 is 1. The molecule has 0 aromatic heterocycles. The van der Waals surface area contributed by atoms with Gasteiger partial charge in [-0.15, -0.1) is 0 Å². The van der Waals surface area contributed by atoms with Crippen LogP contribution < -0.4 is 14.7 Å². The van der Waals surface area contributed by atoms with Gasteiger partial charge in [0.2, 0.25) is 0 Å². The molecule has 5 atom stereocenters. The normalized spacial score (nSPS) is 14.2. The van der Waals surface area contributed by atoms with E-state index in [2.05, 4.69) is 32.2 Å². The average Bonchev–Trinajstić information content (AvgIpc) is 0.882. The van der Waals surface area contributed by atoms with Gasteiger partial charge in [0.25, 0.3) is 23.5 Å². The maximum Gasteiger partial charge on any atom is 0.306 e. The number of likely N-dealkylation sites (N-methyl/N-ethyl adjacent to an activating group) is 3. The van der Waals surface area contributed by atoms with Crippen LogP contribution in [0.15, 0.2) is 0 Å². The number of hydrogen-bond acceptors (Lipinski definition) is 18. The third-order valence-electron chi connectivity index (χ3n) is 20.6. The van der Waals surface area contributed by atoms with Crippen LogP contribution in [0.1, 0.15) is 407 Å². The lowest BCUT2D eigenvalue weighted by atomic mass is 10.0. The van der Waals surface area contributed by atoms with Crippen molar-refractivity contribution in [3.05, 3.63) is 0 Å². The summed E-state index contributed by atoms with van der Waals surface area (Å²) in [5.74, 6) is -0.555. The number of phosphoric ester groups is 3. The molecule has 4 unspecified atom stereocenters. The molecule has 0 radical (unpaired) electrons. The molecule has 0 amide bonds. The maximum atomic E-state index is 12.8. The summed E-state index contributed by atoms with van der Waals surface area (Å²) in [6, 6.07) is 0. The van der Waals surface area contributed by atoms with Crippen molar-refractivity contribution in [1.82, 2.24) is 0 Å². The Hall–Kier alpha value is -0.930. The Morgan fingerprint density at radius 3 is 0.867 bits per heavy atom. The predicted molar refractivity (Wildman–Crippen MR) is 465 cm³/mol. The van der Waals surface area contributed by atoms with Gasteiger partial charge < -0.3 is 74.2 Å². The third-order valence-corrected chi connectivity index (χ3v) is 23.6. The first-order valence-corrected chi connectivity index (χ1v) is 51.1. The lowest BCUT2D eigenvalue weighted by molar-refractivity contribution is -0.893. The Morgan fingerprint density at radius 2 is 0.558 bits per heavy atom. The molecule has 0 aromatic carbocycles. The molecule has 0 bridgehead atoms. The fourth-order valence-corrected chi connectivity index (χ4v) is 15.3. The van der Waals surface area contributed by atoms with Gasteiger partial charge in [0, 0.05) is 26.6 Å². The van der Waals surface area contributed by atoms with E-state index < -0.39 is 35.7 Å². The number of esters is 2. The highest BCUT2D eigenvalue weighted by atomic mass is 31.2. The van der Waals surface area contributed by atoms with Gasteiger partial charge in [-0.05, 0) is 32.6 Å². The molecule has 0 fully saturated rings. The summed E-state index contributed by atoms with van der Waals surface area (Å²) >= 11 is 0. The number of carbonyl (C=O) groups is 2. The monoisotopic (exact) mass is 1680 g/mol. The molecule has 0 saturated carbocycles. The number of rotatable bonds is 86. The topological polar surface area (TPSA) is 247 Å². The molecule has 0 aliphatic carbocycles. The van der Waals surface area contributed by atoms with Gasteiger partial charge in [0.05, 0.1) is 82.8 Å². The standard InChI is InChI=1S/C41H82NO8P.C27H58NO6P.C21H46NO4P/c1-6-9-11-13-15-17-19-21-23-25-27-29-31-33-40(43)47-38-39(37-42(4,5)35-36-49-51(45,46)48-8-3)50-41(44)34-32-30-28-26-24-22-20-18-16-14-12-10-7-2;1-6-7-8-9-10-11-12-13-14-15-16-17-18-19-20-21-23-32-25-27(31-5)26-34-35(29,30)33-24-22-28(2,3)4;1-5-6-7-8-9-10-11-12-13-14-15-16-17-18-20-25-27(23,24)26-21-19-22(2,3)4/h39H,6-38H2,1-5H3;27H,6-26H2,1-5H3;5-21H2,1-4H3/t;27-;/m.1./s1. The average molecular weight is 1680 g/mol. The van der Waals surface area contributed by atoms with Gasteiger partial charge in [-0.25, -0.2) is 0 Å². The fraction of sp³-hybridized carbons (Fsp3) is 0.978. The fourth-order valence-electron chi connectivity index (χ4n) is 13.2. The second-order valence-electron chi connectivity index (χ2n) is 34.9. The summed E-state index contributed by atoms with van der Waals surface area (Å²) in [5.41, 5.74) is 0. The van der Waals surface area contributed by atoms with Crippen LogP contribution in [0.5, 0.6) is 0 Å². The summed E-state index contributed by atoms with van der Waals surface area (Å²) in [6.45, 7) is 13.9. The molecule has 24 heteroatoms. The van der Waals surface area contributed by atoms with Crippen molar-refractivity contribution in [3.8, 4) is 0 Å². The zero-order chi connectivity index (χ0) is 84.6. The van der Waals surface area contributed by atoms with Gasteiger partial charge in [-0.3, -0.25) is 23.3 Å². The van der Waals surface area contributed by atoms with Crippen molar-refractivity contribution >= 4 is 35.4 Å². The first kappa shape index (κ1) is 116. The Balaban J connectivity index is -0.00000170. The Labute approximate surface area is 697 Å². The predicted octanol–water partition coefficient (Wildman–Crippen LogP) is 23.2. The van der Waals surface area contributed by atoms with Crippen LogP contribution in [0.25, 0.3) is 0 Å². The van der Waals surface area contributed by atoms with E-state index >= 15 is 0 Å². The van der Waals surface area contributed by atoms with Crippen molar-refractivity contribution in [2.45, 2.75) is 419 Å². The number of phosphoric acid groups is 3. The summed E-state index contributed by atoms with van der Waals surface area (Å²) < 4.78 is 88.6. The Morgan fingerprint density at radius 1 is 0.292 bits per heavy atom. The van der Waals surface area contributed by atoms with Crippen molar-refractivity contribution in [3.63, 3.8) is 0 Å². The third kappa shape index (κ3) is 96.4. The molecule has 0 spiro atoms. The van der Waals surface area contributed by atoms with Gasteiger partial charge in [0.1, 0.15) is 58.7 Å². The summed E-state index contributed by atoms with van der Waals surface area (Å²) in [4.78, 5) is 60.7. The van der Waals surface area contributed by atoms with Crippen molar-refractivity contribution < 1.29 is 97.5 Å². The zero-order valence-electron chi connectivity index (χ0n) is 76.4. The number of quaternary nitrogens is 3. The van der Waals surface area contributed by atoms with E-state index in [1.165, 1.54) is 302 Å². The van der Waals surface area contributed by atoms with Crippen LogP contribution in [0, 0.1) is 0 Å². The van der Waals surface area contributed by atoms with Crippen LogP contribution >= 0.6 is 23.5 Å². The van der Waals surface area contributed by atoms with Crippen molar-refractivity contribution in [2.24, 2.45) is 0 Å². The molecule has 113 heavy (non-hydrogen) atoms. The van der Waals surface area contributed by atoms with Crippen LogP contribution in [0.2, 0.25) is 0 Å². The lowest BCUT2D eigenvalue weighted by Crippen LogP contribution is -2.49. The van der Waals surface area contributed by atoms with Gasteiger partial charge >= 0.3 is 11.9 Å². The number of unbranched alkanes of at least 4 members (excludes halogenated alkanes) is 52. The quantitative estimate of drug-likeness (QED) is 0.0238. The van der Waals surface area contributed by atoms with Crippen LogP contribution in [-0.4, -0.2) is 187 Å². The molecule has 0 heterocycles. The smallest absolute Gasteiger partial charge is 0.306 e. The molecule has 680 valence electrons. The van der Waals surface area contributed by atoms with Crippen molar-refractivity contribution in [2.75, 3.05) is 149 Å². The number of nitrogens with zero attached hydrogens (tertiary/aromatic N) is 3. The summed E-state index contributed by atoms with van der Waals surface area (Å²) in [6.07, 6.45) is 71.4. The Bertz CT molecular complexity index is 2180. The second-order valence-corrected chi connectivity index (χ2v) is 39.1. The van der Waals surface area contributed by atoms with E-state index in [9.17, 15) is 38.0 Å². The van der Waals surface area contributed by atoms with E-state index in [0.29, 0.717) is 65.7 Å². The number of hydrogen-bond donors (Lipinski definition) is 0. The van der Waals surface area contributed by atoms with Gasteiger partial charge in [0.15, 0.2) is 6.10 Å². The lowest BCUT2D eigenvalue weighted by Gasteiger charge is -2.33. The number of ether oxygens (including phenoxy) is 4. The van der Waals surface area contributed by atoms with Crippen LogP contribution in [0.4, 0.5) is 0 Å². The maximum absolute atomic E-state index is 12.8. The molecule has 0 rings (SSSR count). The summed E-state index contributed by atoms with van der Waals surface area (Å²) in [5, 5.41) is 0. The minimum atomic E-state index is -4.34. The minimum Gasteiger partial charge on any atom is -0.756 e. The molecule has 0 saturated heterocycles. The zero-order valence-corrected chi connectivity index (χ0v) is 79.1. The minimum absolute atomic E-state index is 0.0108. The van der Waals surface area contributed by atoms with Crippen molar-refractivity contribution in [1.29, 1.82) is 0 Å². The largest absolute Gasteiger partial charge is 0.756 e. The molecule has 0 aliphatic rings. The van der Waals surface area contributed by atoms with E-state index in [4.69, 9.17) is 41.6 Å². The Kier molecular flexibility index (Phi) is 84.4. The van der Waals surface area contributed by atoms with E-state index in [0.717, 1.165) is 64.2 Å². The molecule has 21 nitrogen and oxygen atoms in total. The van der Waals surface area contributed by atoms with Gasteiger partial charge in [-0.1, -0.05) is 362 Å². The highest BCUT2D eigenvalue weighted by Gasteiger charge is 2.28. The molecular weight excluding hydrogens is 1490 g/mol.